The lowest BCUT2D eigenvalue weighted by molar-refractivity contribution is -0.122. The molecule has 1 amide bonds. The van der Waals surface area contributed by atoms with Gasteiger partial charge in [0.05, 0.1) is 13.2 Å². The topological polar surface area (TPSA) is 67.6 Å². The van der Waals surface area contributed by atoms with E-state index in [4.69, 9.17) is 10.5 Å². The summed E-state index contributed by atoms with van der Waals surface area (Å²) in [5.41, 5.74) is 5.44. The maximum atomic E-state index is 11.8. The maximum absolute atomic E-state index is 11.8. The summed E-state index contributed by atoms with van der Waals surface area (Å²) in [7, 11) is 0. The molecule has 0 bridgehead atoms. The quantitative estimate of drug-likeness (QED) is 0.623. The fraction of sp³-hybridized carbons (Fsp3) is 0.933. The highest BCUT2D eigenvalue weighted by molar-refractivity contribution is 5.75. The predicted molar refractivity (Wildman–Crippen MR) is 81.6 cm³/mol. The lowest BCUT2D eigenvalue weighted by atomic mass is 10.0. The summed E-state index contributed by atoms with van der Waals surface area (Å²) in [6.07, 6.45) is 4.87. The molecular formula is C15H31N3O2. The van der Waals surface area contributed by atoms with E-state index in [-0.39, 0.29) is 11.4 Å². The highest BCUT2D eigenvalue weighted by Crippen LogP contribution is 2.15. The van der Waals surface area contributed by atoms with Crippen LogP contribution in [0.4, 0.5) is 0 Å². The van der Waals surface area contributed by atoms with Crippen LogP contribution in [0.1, 0.15) is 46.0 Å². The molecule has 5 nitrogen and oxygen atoms in total. The molecule has 1 aliphatic heterocycles. The normalized spacial score (nSPS) is 17.1. The second-order valence-electron chi connectivity index (χ2n) is 6.14. The van der Waals surface area contributed by atoms with Crippen molar-refractivity contribution >= 4 is 5.91 Å². The summed E-state index contributed by atoms with van der Waals surface area (Å²) in [6.45, 7) is 9.29. The number of nitrogens with one attached hydrogen (secondary N) is 1. The number of nitrogens with zero attached hydrogens (tertiary/aromatic N) is 1. The van der Waals surface area contributed by atoms with E-state index in [2.05, 4.69) is 24.1 Å². The van der Waals surface area contributed by atoms with Crippen molar-refractivity contribution in [3.05, 3.63) is 0 Å². The second kappa shape index (κ2) is 9.32. The molecule has 0 aliphatic carbocycles. The number of nitrogens with two attached hydrogens (primary N) is 1. The van der Waals surface area contributed by atoms with Crippen molar-refractivity contribution in [1.29, 1.82) is 0 Å². The molecule has 0 aromatic heterocycles. The van der Waals surface area contributed by atoms with Crippen LogP contribution >= 0.6 is 0 Å². The zero-order valence-corrected chi connectivity index (χ0v) is 13.1. The van der Waals surface area contributed by atoms with Gasteiger partial charge in [-0.3, -0.25) is 9.69 Å². The van der Waals surface area contributed by atoms with Crippen LogP contribution in [0.15, 0.2) is 0 Å². The number of hydrogen-bond donors (Lipinski definition) is 2. The third kappa shape index (κ3) is 6.68. The zero-order valence-electron chi connectivity index (χ0n) is 13.1. The number of unbranched alkanes of at least 4 members (excludes halogenated alkanes) is 3. The first kappa shape index (κ1) is 17.4. The maximum Gasteiger partial charge on any atom is 0.220 e. The highest BCUT2D eigenvalue weighted by atomic mass is 16.5. The Morgan fingerprint density at radius 1 is 1.20 bits per heavy atom. The number of hydrogen-bond acceptors (Lipinski definition) is 4. The molecule has 20 heavy (non-hydrogen) atoms. The van der Waals surface area contributed by atoms with Gasteiger partial charge in [0, 0.05) is 31.6 Å². The number of morpholine rings is 1. The van der Waals surface area contributed by atoms with Crippen LogP contribution in [-0.4, -0.2) is 55.7 Å². The number of rotatable bonds is 9. The molecule has 0 atom stereocenters. The van der Waals surface area contributed by atoms with Crippen LogP contribution < -0.4 is 11.1 Å². The minimum atomic E-state index is -0.00100. The van der Waals surface area contributed by atoms with Gasteiger partial charge in [0.2, 0.25) is 5.91 Å². The van der Waals surface area contributed by atoms with Crippen LogP contribution in [0.5, 0.6) is 0 Å². The molecule has 3 N–H and O–H groups in total. The summed E-state index contributed by atoms with van der Waals surface area (Å²) in [6, 6.07) is 0. The molecule has 1 saturated heterocycles. The lowest BCUT2D eigenvalue weighted by Crippen LogP contribution is -2.55. The molecule has 1 fully saturated rings. The van der Waals surface area contributed by atoms with E-state index >= 15 is 0 Å². The molecule has 118 valence electrons. The van der Waals surface area contributed by atoms with Crippen LogP contribution in [-0.2, 0) is 9.53 Å². The number of amides is 1. The summed E-state index contributed by atoms with van der Waals surface area (Å²) in [4.78, 5) is 14.2. The molecule has 5 heteroatoms. The minimum absolute atomic E-state index is 0.00100. The van der Waals surface area contributed by atoms with Crippen LogP contribution in [0.2, 0.25) is 0 Å². The first-order chi connectivity index (χ1) is 9.56. The van der Waals surface area contributed by atoms with Gasteiger partial charge in [0.25, 0.3) is 0 Å². The van der Waals surface area contributed by atoms with Gasteiger partial charge < -0.3 is 15.8 Å². The largest absolute Gasteiger partial charge is 0.379 e. The third-order valence-electron chi connectivity index (χ3n) is 3.94. The summed E-state index contributed by atoms with van der Waals surface area (Å²) in [5.74, 6) is 0.166. The van der Waals surface area contributed by atoms with E-state index < -0.39 is 0 Å². The van der Waals surface area contributed by atoms with Crippen LogP contribution in [0, 0.1) is 0 Å². The van der Waals surface area contributed by atoms with Crippen molar-refractivity contribution in [2.45, 2.75) is 51.5 Å². The first-order valence-corrected chi connectivity index (χ1v) is 7.86. The van der Waals surface area contributed by atoms with Crippen LogP contribution in [0.25, 0.3) is 0 Å². The molecule has 1 rings (SSSR count). The van der Waals surface area contributed by atoms with Gasteiger partial charge >= 0.3 is 0 Å². The Morgan fingerprint density at radius 3 is 2.50 bits per heavy atom. The van der Waals surface area contributed by atoms with Gasteiger partial charge in [-0.05, 0) is 33.2 Å². The zero-order chi connectivity index (χ0) is 14.8. The fourth-order valence-electron chi connectivity index (χ4n) is 2.47. The molecule has 1 aliphatic rings. The SMILES string of the molecule is CC(C)(CNC(=O)CCCCCCN)N1CCOCC1. The smallest absolute Gasteiger partial charge is 0.220 e. The monoisotopic (exact) mass is 285 g/mol. The molecule has 0 aromatic carbocycles. The van der Waals surface area contributed by atoms with Gasteiger partial charge in [0.15, 0.2) is 0 Å². The lowest BCUT2D eigenvalue weighted by Gasteiger charge is -2.40. The molecule has 0 saturated carbocycles. The summed E-state index contributed by atoms with van der Waals surface area (Å²) < 4.78 is 5.37. The minimum Gasteiger partial charge on any atom is -0.379 e. The fourth-order valence-corrected chi connectivity index (χ4v) is 2.47. The van der Waals surface area contributed by atoms with Crippen molar-refractivity contribution in [2.75, 3.05) is 39.4 Å². The van der Waals surface area contributed by atoms with Crippen molar-refractivity contribution in [3.63, 3.8) is 0 Å². The van der Waals surface area contributed by atoms with E-state index in [0.29, 0.717) is 13.0 Å². The van der Waals surface area contributed by atoms with Gasteiger partial charge in [-0.2, -0.15) is 0 Å². The summed E-state index contributed by atoms with van der Waals surface area (Å²) in [5, 5.41) is 3.07. The van der Waals surface area contributed by atoms with Gasteiger partial charge in [0.1, 0.15) is 0 Å². The average Bonchev–Trinajstić information content (AvgIpc) is 2.46. The van der Waals surface area contributed by atoms with E-state index in [9.17, 15) is 4.79 Å². The van der Waals surface area contributed by atoms with Gasteiger partial charge in [-0.15, -0.1) is 0 Å². The van der Waals surface area contributed by atoms with E-state index in [1.54, 1.807) is 0 Å². The Balaban J connectivity index is 2.15. The Kier molecular flexibility index (Phi) is 8.11. The second-order valence-corrected chi connectivity index (χ2v) is 6.14. The van der Waals surface area contributed by atoms with E-state index in [1.807, 2.05) is 0 Å². The predicted octanol–water partition coefficient (Wildman–Crippen LogP) is 1.12. The molecule has 0 radical (unpaired) electrons. The number of carbonyl (C=O) groups excluding carboxylic acids is 1. The Hall–Kier alpha value is -0.650. The first-order valence-electron chi connectivity index (χ1n) is 7.86. The number of carbonyl (C=O) groups is 1. The van der Waals surface area contributed by atoms with Crippen molar-refractivity contribution in [1.82, 2.24) is 10.2 Å². The summed E-state index contributed by atoms with van der Waals surface area (Å²) >= 11 is 0. The molecule has 0 unspecified atom stereocenters. The highest BCUT2D eigenvalue weighted by Gasteiger charge is 2.28. The Morgan fingerprint density at radius 2 is 1.85 bits per heavy atom. The Labute approximate surface area is 123 Å². The Bertz CT molecular complexity index is 276. The van der Waals surface area contributed by atoms with Crippen molar-refractivity contribution in [2.24, 2.45) is 5.73 Å². The third-order valence-corrected chi connectivity index (χ3v) is 3.94. The van der Waals surface area contributed by atoms with Crippen LogP contribution in [0.3, 0.4) is 0 Å². The van der Waals surface area contributed by atoms with Crippen molar-refractivity contribution < 1.29 is 9.53 Å². The van der Waals surface area contributed by atoms with Gasteiger partial charge in [-0.1, -0.05) is 12.8 Å². The van der Waals surface area contributed by atoms with Gasteiger partial charge in [-0.25, -0.2) is 0 Å². The van der Waals surface area contributed by atoms with Crippen molar-refractivity contribution in [3.8, 4) is 0 Å². The van der Waals surface area contributed by atoms with E-state index in [0.717, 1.165) is 58.5 Å². The molecular weight excluding hydrogens is 254 g/mol. The average molecular weight is 285 g/mol. The van der Waals surface area contributed by atoms with E-state index in [1.165, 1.54) is 0 Å². The standard InChI is InChI=1S/C15H31N3O2/c1-15(2,18-9-11-20-12-10-18)13-17-14(19)7-5-3-4-6-8-16/h3-13,16H2,1-2H3,(H,17,19). The number of ether oxygens (including phenoxy) is 1. The molecule has 0 aromatic rings. The molecule has 0 spiro atoms. The molecule has 1 heterocycles.